The van der Waals surface area contributed by atoms with Gasteiger partial charge in [0.05, 0.1) is 0 Å². The third kappa shape index (κ3) is 2.78. The zero-order chi connectivity index (χ0) is 11.4. The van der Waals surface area contributed by atoms with E-state index in [4.69, 9.17) is 0 Å². The highest BCUT2D eigenvalue weighted by atomic mass is 16.3. The number of rotatable bonds is 4. The number of hydrogen-bond acceptors (Lipinski definition) is 1. The first-order valence-electron chi connectivity index (χ1n) is 6.54. The summed E-state index contributed by atoms with van der Waals surface area (Å²) in [5.41, 5.74) is 1.10. The van der Waals surface area contributed by atoms with Gasteiger partial charge in [-0.15, -0.1) is 0 Å². The van der Waals surface area contributed by atoms with Gasteiger partial charge >= 0.3 is 0 Å². The lowest BCUT2D eigenvalue weighted by molar-refractivity contribution is 0.344. The first-order chi connectivity index (χ1) is 7.77. The number of benzene rings is 1. The van der Waals surface area contributed by atoms with E-state index in [9.17, 15) is 5.11 Å². The molecule has 1 heteroatoms. The Bertz CT molecular complexity index is 326. The molecule has 0 bridgehead atoms. The highest BCUT2D eigenvalue weighted by molar-refractivity contribution is 5.31. The van der Waals surface area contributed by atoms with Gasteiger partial charge < -0.3 is 5.11 Å². The Morgan fingerprint density at radius 2 is 1.94 bits per heavy atom. The molecule has 0 aromatic heterocycles. The molecule has 88 valence electrons. The zero-order valence-corrected chi connectivity index (χ0v) is 10.2. The lowest BCUT2D eigenvalue weighted by Crippen LogP contribution is -2.08. The maximum atomic E-state index is 9.69. The summed E-state index contributed by atoms with van der Waals surface area (Å²) in [6.07, 6.45) is 7.91. The summed E-state index contributed by atoms with van der Waals surface area (Å²) >= 11 is 0. The van der Waals surface area contributed by atoms with Crippen LogP contribution in [0.5, 0.6) is 5.75 Å². The van der Waals surface area contributed by atoms with Crippen LogP contribution in [0.4, 0.5) is 0 Å². The number of phenolic OH excluding ortho intramolecular Hbond substituents is 1. The monoisotopic (exact) mass is 218 g/mol. The van der Waals surface area contributed by atoms with Gasteiger partial charge in [-0.2, -0.15) is 0 Å². The van der Waals surface area contributed by atoms with E-state index in [0.717, 1.165) is 23.8 Å². The largest absolute Gasteiger partial charge is 0.508 e. The Kier molecular flexibility index (Phi) is 3.87. The van der Waals surface area contributed by atoms with Gasteiger partial charge in [-0.05, 0) is 36.3 Å². The standard InChI is InChI=1S/C15H22O/c1-12(13-6-2-3-7-13)10-11-14-8-4-5-9-15(14)16/h4-5,8-9,12-13,16H,2-3,6-7,10-11H2,1H3. The molecule has 1 fully saturated rings. The second-order valence-corrected chi connectivity index (χ2v) is 5.19. The van der Waals surface area contributed by atoms with Crippen LogP contribution in [0.25, 0.3) is 0 Å². The van der Waals surface area contributed by atoms with E-state index < -0.39 is 0 Å². The van der Waals surface area contributed by atoms with E-state index in [0.29, 0.717) is 5.75 Å². The highest BCUT2D eigenvalue weighted by Crippen LogP contribution is 2.33. The summed E-state index contributed by atoms with van der Waals surface area (Å²) < 4.78 is 0. The average Bonchev–Trinajstić information content (AvgIpc) is 2.81. The van der Waals surface area contributed by atoms with Crippen LogP contribution in [0, 0.1) is 11.8 Å². The summed E-state index contributed by atoms with van der Waals surface area (Å²) in [6, 6.07) is 7.72. The number of aromatic hydroxyl groups is 1. The smallest absolute Gasteiger partial charge is 0.118 e. The van der Waals surface area contributed by atoms with Crippen LogP contribution < -0.4 is 0 Å². The minimum absolute atomic E-state index is 0.459. The summed E-state index contributed by atoms with van der Waals surface area (Å²) in [5, 5.41) is 9.69. The lowest BCUT2D eigenvalue weighted by atomic mass is 9.87. The summed E-state index contributed by atoms with van der Waals surface area (Å²) in [4.78, 5) is 0. The van der Waals surface area contributed by atoms with Crippen LogP contribution in [-0.2, 0) is 6.42 Å². The van der Waals surface area contributed by atoms with Crippen molar-refractivity contribution in [3.8, 4) is 5.75 Å². The van der Waals surface area contributed by atoms with Crippen molar-refractivity contribution >= 4 is 0 Å². The van der Waals surface area contributed by atoms with Crippen LogP contribution in [0.2, 0.25) is 0 Å². The molecule has 0 heterocycles. The molecular formula is C15H22O. The predicted octanol–water partition coefficient (Wildman–Crippen LogP) is 4.15. The number of aryl methyl sites for hydroxylation is 1. The van der Waals surface area contributed by atoms with E-state index in [2.05, 4.69) is 6.92 Å². The van der Waals surface area contributed by atoms with Crippen LogP contribution in [0.1, 0.15) is 44.6 Å². The minimum atomic E-state index is 0.459. The van der Waals surface area contributed by atoms with Crippen LogP contribution >= 0.6 is 0 Å². The van der Waals surface area contributed by atoms with E-state index in [-0.39, 0.29) is 0 Å². The normalized spacial score (nSPS) is 18.8. The summed E-state index contributed by atoms with van der Waals surface area (Å²) in [5.74, 6) is 2.20. The van der Waals surface area contributed by atoms with Gasteiger partial charge in [0.1, 0.15) is 5.75 Å². The number of hydrogen-bond donors (Lipinski definition) is 1. The van der Waals surface area contributed by atoms with Gasteiger partial charge in [-0.3, -0.25) is 0 Å². The minimum Gasteiger partial charge on any atom is -0.508 e. The third-order valence-corrected chi connectivity index (χ3v) is 4.07. The molecule has 1 aliphatic rings. The molecule has 1 N–H and O–H groups in total. The van der Waals surface area contributed by atoms with Crippen molar-refractivity contribution in [1.29, 1.82) is 0 Å². The molecule has 0 aliphatic heterocycles. The predicted molar refractivity (Wildman–Crippen MR) is 67.5 cm³/mol. The maximum Gasteiger partial charge on any atom is 0.118 e. The molecule has 1 saturated carbocycles. The fourth-order valence-electron chi connectivity index (χ4n) is 2.87. The highest BCUT2D eigenvalue weighted by Gasteiger charge is 2.21. The van der Waals surface area contributed by atoms with E-state index in [1.165, 1.54) is 32.1 Å². The molecule has 16 heavy (non-hydrogen) atoms. The van der Waals surface area contributed by atoms with Gasteiger partial charge in [-0.25, -0.2) is 0 Å². The van der Waals surface area contributed by atoms with Crippen molar-refractivity contribution in [3.63, 3.8) is 0 Å². The van der Waals surface area contributed by atoms with Crippen LogP contribution in [0.15, 0.2) is 24.3 Å². The Morgan fingerprint density at radius 3 is 2.62 bits per heavy atom. The van der Waals surface area contributed by atoms with Gasteiger partial charge in [0.15, 0.2) is 0 Å². The Morgan fingerprint density at radius 1 is 1.25 bits per heavy atom. The van der Waals surface area contributed by atoms with Crippen LogP contribution in [-0.4, -0.2) is 5.11 Å². The van der Waals surface area contributed by atoms with Crippen molar-refractivity contribution < 1.29 is 5.11 Å². The quantitative estimate of drug-likeness (QED) is 0.805. The van der Waals surface area contributed by atoms with Crippen LogP contribution in [0.3, 0.4) is 0 Å². The van der Waals surface area contributed by atoms with Crippen molar-refractivity contribution in [2.45, 2.75) is 45.4 Å². The van der Waals surface area contributed by atoms with Crippen molar-refractivity contribution in [2.75, 3.05) is 0 Å². The average molecular weight is 218 g/mol. The Labute approximate surface area is 98.5 Å². The molecule has 1 aromatic rings. The van der Waals surface area contributed by atoms with E-state index >= 15 is 0 Å². The molecule has 2 rings (SSSR count). The Balaban J connectivity index is 1.84. The first kappa shape index (κ1) is 11.5. The maximum absolute atomic E-state index is 9.69. The lowest BCUT2D eigenvalue weighted by Gasteiger charge is -2.18. The molecule has 0 spiro atoms. The van der Waals surface area contributed by atoms with Crippen molar-refractivity contribution in [1.82, 2.24) is 0 Å². The second kappa shape index (κ2) is 5.38. The molecule has 1 aliphatic carbocycles. The zero-order valence-electron chi connectivity index (χ0n) is 10.2. The fourth-order valence-corrected chi connectivity index (χ4v) is 2.87. The SMILES string of the molecule is CC(CCc1ccccc1O)C1CCCC1. The number of para-hydroxylation sites is 1. The van der Waals surface area contributed by atoms with E-state index in [1.54, 1.807) is 6.07 Å². The molecule has 1 nitrogen and oxygen atoms in total. The van der Waals surface area contributed by atoms with Gasteiger partial charge in [0, 0.05) is 0 Å². The molecular weight excluding hydrogens is 196 g/mol. The van der Waals surface area contributed by atoms with E-state index in [1.807, 2.05) is 18.2 Å². The molecule has 1 aromatic carbocycles. The third-order valence-electron chi connectivity index (χ3n) is 4.07. The molecule has 0 amide bonds. The fraction of sp³-hybridized carbons (Fsp3) is 0.600. The second-order valence-electron chi connectivity index (χ2n) is 5.19. The molecule has 1 atom stereocenters. The van der Waals surface area contributed by atoms with Crippen molar-refractivity contribution in [2.24, 2.45) is 11.8 Å². The number of phenols is 1. The Hall–Kier alpha value is -0.980. The molecule has 0 radical (unpaired) electrons. The summed E-state index contributed by atoms with van der Waals surface area (Å²) in [6.45, 7) is 2.37. The van der Waals surface area contributed by atoms with Gasteiger partial charge in [0.25, 0.3) is 0 Å². The van der Waals surface area contributed by atoms with Crippen molar-refractivity contribution in [3.05, 3.63) is 29.8 Å². The molecule has 0 saturated heterocycles. The summed E-state index contributed by atoms with van der Waals surface area (Å²) in [7, 11) is 0. The van der Waals surface area contributed by atoms with Gasteiger partial charge in [0.2, 0.25) is 0 Å². The van der Waals surface area contributed by atoms with Gasteiger partial charge in [-0.1, -0.05) is 50.8 Å². The first-order valence-corrected chi connectivity index (χ1v) is 6.54. The topological polar surface area (TPSA) is 20.2 Å². The molecule has 1 unspecified atom stereocenters.